The molecule has 1 aliphatic rings. The van der Waals surface area contributed by atoms with Crippen molar-refractivity contribution in [1.29, 1.82) is 0 Å². The number of nitrogens with zero attached hydrogens (tertiary/aromatic N) is 1. The largest absolute Gasteiger partial charge is 0.392 e. The molecule has 2 N–H and O–H groups in total. The quantitative estimate of drug-likeness (QED) is 0.600. The summed E-state index contributed by atoms with van der Waals surface area (Å²) in [5.74, 6) is -0.0101. The minimum atomic E-state index is -0.345. The molecule has 0 aliphatic carbocycles. The van der Waals surface area contributed by atoms with Crippen LogP contribution in [0.3, 0.4) is 0 Å². The Kier molecular flexibility index (Phi) is 5.66. The third-order valence-corrected chi connectivity index (χ3v) is 2.08. The summed E-state index contributed by atoms with van der Waals surface area (Å²) in [7, 11) is 3.46. The Bertz CT molecular complexity index is 162. The van der Waals surface area contributed by atoms with Gasteiger partial charge in [-0.05, 0) is 13.5 Å². The maximum atomic E-state index is 11.1. The van der Waals surface area contributed by atoms with Gasteiger partial charge in [0.05, 0.1) is 12.1 Å². The van der Waals surface area contributed by atoms with Gasteiger partial charge in [0.25, 0.3) is 0 Å². The lowest BCUT2D eigenvalue weighted by Gasteiger charge is -2.16. The van der Waals surface area contributed by atoms with Crippen LogP contribution in [0.5, 0.6) is 0 Å². The van der Waals surface area contributed by atoms with Crippen LogP contribution in [0.1, 0.15) is 20.3 Å². The van der Waals surface area contributed by atoms with Gasteiger partial charge in [-0.1, -0.05) is 13.8 Å². The minimum Gasteiger partial charge on any atom is -0.392 e. The first-order valence-electron chi connectivity index (χ1n) is 4.75. The third kappa shape index (κ3) is 3.32. The molecule has 0 bridgehead atoms. The monoisotopic (exact) mass is 188 g/mol. The molecule has 0 radical (unpaired) electrons. The fourth-order valence-corrected chi connectivity index (χ4v) is 1.45. The van der Waals surface area contributed by atoms with Gasteiger partial charge in [0, 0.05) is 13.6 Å². The van der Waals surface area contributed by atoms with E-state index in [1.54, 1.807) is 7.05 Å². The highest BCUT2D eigenvalue weighted by molar-refractivity contribution is 5.81. The SMILES string of the molecule is CC.CNC(=O)C1CC(O)CN1C. The van der Waals surface area contributed by atoms with Gasteiger partial charge in [-0.2, -0.15) is 0 Å². The Balaban J connectivity index is 0.000000671. The zero-order chi connectivity index (χ0) is 10.4. The molecule has 13 heavy (non-hydrogen) atoms. The summed E-state index contributed by atoms with van der Waals surface area (Å²) in [5.41, 5.74) is 0. The molecule has 1 aliphatic heterocycles. The second-order valence-electron chi connectivity index (χ2n) is 2.96. The second-order valence-corrected chi connectivity index (χ2v) is 2.96. The topological polar surface area (TPSA) is 52.6 Å². The molecule has 2 unspecified atom stereocenters. The maximum absolute atomic E-state index is 11.1. The van der Waals surface area contributed by atoms with Crippen molar-refractivity contribution in [1.82, 2.24) is 10.2 Å². The van der Waals surface area contributed by atoms with Crippen molar-refractivity contribution >= 4 is 5.91 Å². The van der Waals surface area contributed by atoms with Crippen molar-refractivity contribution < 1.29 is 9.90 Å². The predicted molar refractivity (Wildman–Crippen MR) is 52.5 cm³/mol. The normalized spacial score (nSPS) is 27.8. The van der Waals surface area contributed by atoms with Gasteiger partial charge in [0.2, 0.25) is 5.91 Å². The van der Waals surface area contributed by atoms with Crippen molar-refractivity contribution in [3.63, 3.8) is 0 Å². The van der Waals surface area contributed by atoms with Gasteiger partial charge >= 0.3 is 0 Å². The van der Waals surface area contributed by atoms with E-state index in [0.29, 0.717) is 13.0 Å². The standard InChI is InChI=1S/C7H14N2O2.C2H6/c1-8-7(11)6-3-5(10)4-9(6)2;1-2/h5-6,10H,3-4H2,1-2H3,(H,8,11);1-2H3. The maximum Gasteiger partial charge on any atom is 0.237 e. The van der Waals surface area contributed by atoms with E-state index in [1.807, 2.05) is 25.8 Å². The van der Waals surface area contributed by atoms with E-state index in [1.165, 1.54) is 0 Å². The van der Waals surface area contributed by atoms with Crippen LogP contribution in [0.25, 0.3) is 0 Å². The van der Waals surface area contributed by atoms with Crippen LogP contribution in [-0.2, 0) is 4.79 Å². The number of carbonyl (C=O) groups is 1. The number of aliphatic hydroxyl groups excluding tert-OH is 1. The number of nitrogens with one attached hydrogen (secondary N) is 1. The van der Waals surface area contributed by atoms with E-state index in [-0.39, 0.29) is 18.1 Å². The number of aliphatic hydroxyl groups is 1. The minimum absolute atomic E-state index is 0.0101. The lowest BCUT2D eigenvalue weighted by molar-refractivity contribution is -0.124. The smallest absolute Gasteiger partial charge is 0.237 e. The molecule has 0 aromatic heterocycles. The fourth-order valence-electron chi connectivity index (χ4n) is 1.45. The number of hydrogen-bond acceptors (Lipinski definition) is 3. The zero-order valence-corrected chi connectivity index (χ0v) is 8.87. The molecular formula is C9H20N2O2. The van der Waals surface area contributed by atoms with Gasteiger partial charge < -0.3 is 10.4 Å². The molecule has 0 aromatic rings. The van der Waals surface area contributed by atoms with Gasteiger partial charge in [-0.3, -0.25) is 9.69 Å². The molecule has 1 saturated heterocycles. The summed E-state index contributed by atoms with van der Waals surface area (Å²) in [5, 5.41) is 11.8. The molecule has 78 valence electrons. The van der Waals surface area contributed by atoms with Crippen molar-refractivity contribution in [2.24, 2.45) is 0 Å². The van der Waals surface area contributed by atoms with E-state index in [9.17, 15) is 9.90 Å². The molecule has 2 atom stereocenters. The molecular weight excluding hydrogens is 168 g/mol. The summed E-state index contributed by atoms with van der Waals surface area (Å²) in [4.78, 5) is 13.0. The average molecular weight is 188 g/mol. The molecule has 1 fully saturated rings. The summed E-state index contributed by atoms with van der Waals surface area (Å²) >= 11 is 0. The van der Waals surface area contributed by atoms with Crippen LogP contribution in [0.2, 0.25) is 0 Å². The van der Waals surface area contributed by atoms with Crippen molar-refractivity contribution in [2.75, 3.05) is 20.6 Å². The van der Waals surface area contributed by atoms with Crippen LogP contribution in [0.15, 0.2) is 0 Å². The molecule has 0 saturated carbocycles. The van der Waals surface area contributed by atoms with E-state index < -0.39 is 0 Å². The number of rotatable bonds is 1. The lowest BCUT2D eigenvalue weighted by atomic mass is 10.2. The fraction of sp³-hybridized carbons (Fsp3) is 0.889. The van der Waals surface area contributed by atoms with Crippen LogP contribution < -0.4 is 5.32 Å². The molecule has 1 heterocycles. The van der Waals surface area contributed by atoms with Gasteiger partial charge in [0.1, 0.15) is 0 Å². The molecule has 4 nitrogen and oxygen atoms in total. The van der Waals surface area contributed by atoms with Gasteiger partial charge in [-0.25, -0.2) is 0 Å². The van der Waals surface area contributed by atoms with E-state index >= 15 is 0 Å². The number of carbonyl (C=O) groups excluding carboxylic acids is 1. The van der Waals surface area contributed by atoms with Gasteiger partial charge in [-0.15, -0.1) is 0 Å². The molecule has 1 amide bonds. The zero-order valence-electron chi connectivity index (χ0n) is 8.87. The summed E-state index contributed by atoms with van der Waals surface area (Å²) in [6, 6.07) is -0.144. The highest BCUT2D eigenvalue weighted by atomic mass is 16.3. The van der Waals surface area contributed by atoms with E-state index in [0.717, 1.165) is 0 Å². The van der Waals surface area contributed by atoms with E-state index in [4.69, 9.17) is 0 Å². The molecule has 0 spiro atoms. The number of amides is 1. The van der Waals surface area contributed by atoms with Crippen LogP contribution in [-0.4, -0.2) is 48.7 Å². The Hall–Kier alpha value is -0.610. The first-order chi connectivity index (χ1) is 6.15. The molecule has 4 heteroatoms. The number of likely N-dealkylation sites (tertiary alicyclic amines) is 1. The highest BCUT2D eigenvalue weighted by Crippen LogP contribution is 2.14. The molecule has 0 aromatic carbocycles. The van der Waals surface area contributed by atoms with Crippen molar-refractivity contribution in [2.45, 2.75) is 32.4 Å². The van der Waals surface area contributed by atoms with Crippen LogP contribution >= 0.6 is 0 Å². The molecule has 1 rings (SSSR count). The van der Waals surface area contributed by atoms with Crippen LogP contribution in [0, 0.1) is 0 Å². The van der Waals surface area contributed by atoms with Crippen molar-refractivity contribution in [3.8, 4) is 0 Å². The predicted octanol–water partition coefficient (Wildman–Crippen LogP) is -0.176. The summed E-state index contributed by atoms with van der Waals surface area (Å²) in [6.07, 6.45) is 0.207. The number of likely N-dealkylation sites (N-methyl/N-ethyl adjacent to an activating group) is 2. The van der Waals surface area contributed by atoms with Crippen molar-refractivity contribution in [3.05, 3.63) is 0 Å². The Morgan fingerprint density at radius 3 is 2.38 bits per heavy atom. The highest BCUT2D eigenvalue weighted by Gasteiger charge is 2.32. The first kappa shape index (κ1) is 12.4. The number of hydrogen-bond donors (Lipinski definition) is 2. The number of β-amino-alcohol motifs (C(OH)–C–C–N with tert-alkyl or cyclic N) is 1. The second kappa shape index (κ2) is 5.94. The average Bonchev–Trinajstić information content (AvgIpc) is 2.47. The van der Waals surface area contributed by atoms with E-state index in [2.05, 4.69) is 5.32 Å². The first-order valence-corrected chi connectivity index (χ1v) is 4.75. The summed E-state index contributed by atoms with van der Waals surface area (Å²) < 4.78 is 0. The lowest BCUT2D eigenvalue weighted by Crippen LogP contribution is -2.39. The van der Waals surface area contributed by atoms with Crippen LogP contribution in [0.4, 0.5) is 0 Å². The summed E-state index contributed by atoms with van der Waals surface area (Å²) in [6.45, 7) is 4.60. The third-order valence-electron chi connectivity index (χ3n) is 2.08. The van der Waals surface area contributed by atoms with Gasteiger partial charge in [0.15, 0.2) is 0 Å². The Morgan fingerprint density at radius 2 is 2.08 bits per heavy atom. The Labute approximate surface area is 79.9 Å². The Morgan fingerprint density at radius 1 is 1.54 bits per heavy atom.